The Labute approximate surface area is 149 Å². The Balaban J connectivity index is 1.48. The van der Waals surface area contributed by atoms with Gasteiger partial charge in [0.1, 0.15) is 11.6 Å². The van der Waals surface area contributed by atoms with Gasteiger partial charge in [-0.05, 0) is 44.7 Å². The molecule has 2 fully saturated rings. The van der Waals surface area contributed by atoms with Crippen LogP contribution in [0.2, 0.25) is 0 Å². The van der Waals surface area contributed by atoms with Gasteiger partial charge < -0.3 is 9.55 Å². The third kappa shape index (κ3) is 2.76. The average Bonchev–Trinajstić information content (AvgIpc) is 3.54. The van der Waals surface area contributed by atoms with Crippen molar-refractivity contribution in [3.63, 3.8) is 0 Å². The zero-order chi connectivity index (χ0) is 17.0. The number of hydrogen-bond acceptors (Lipinski definition) is 5. The van der Waals surface area contributed by atoms with E-state index in [0.29, 0.717) is 23.2 Å². The fraction of sp³-hybridized carbons (Fsp3) is 0.444. The first kappa shape index (κ1) is 15.1. The zero-order valence-electron chi connectivity index (χ0n) is 14.0. The third-order valence-electron chi connectivity index (χ3n) is 4.84. The van der Waals surface area contributed by atoms with Crippen LogP contribution in [0.1, 0.15) is 61.5 Å². The van der Waals surface area contributed by atoms with Crippen LogP contribution in [0, 0.1) is 0 Å². The Hall–Kier alpha value is -2.15. The normalized spacial score (nSPS) is 18.6. The fourth-order valence-electron chi connectivity index (χ4n) is 3.18. The second-order valence-electron chi connectivity index (χ2n) is 6.94. The minimum atomic E-state index is -0.0876. The first-order chi connectivity index (χ1) is 12.2. The van der Waals surface area contributed by atoms with Gasteiger partial charge in [-0.2, -0.15) is 0 Å². The summed E-state index contributed by atoms with van der Waals surface area (Å²) in [5.41, 5.74) is 0.645. The van der Waals surface area contributed by atoms with E-state index in [1.165, 1.54) is 25.7 Å². The molecular formula is C18H19N5OS. The third-order valence-corrected chi connectivity index (χ3v) is 5.91. The lowest BCUT2D eigenvalue weighted by Gasteiger charge is -2.13. The van der Waals surface area contributed by atoms with Crippen LogP contribution in [0.5, 0.6) is 0 Å². The zero-order valence-corrected chi connectivity index (χ0v) is 14.8. The van der Waals surface area contributed by atoms with E-state index in [1.54, 1.807) is 17.8 Å². The van der Waals surface area contributed by atoms with Gasteiger partial charge in [0.2, 0.25) is 0 Å². The molecule has 2 aliphatic carbocycles. The van der Waals surface area contributed by atoms with Crippen LogP contribution in [0.3, 0.4) is 0 Å². The maximum Gasteiger partial charge on any atom is 0.258 e. The van der Waals surface area contributed by atoms with Crippen molar-refractivity contribution in [3.8, 4) is 0 Å². The molecule has 0 bridgehead atoms. The van der Waals surface area contributed by atoms with Crippen molar-refractivity contribution in [2.24, 2.45) is 0 Å². The minimum Gasteiger partial charge on any atom is -0.309 e. The molecule has 2 saturated carbocycles. The Morgan fingerprint density at radius 3 is 2.76 bits per heavy atom. The highest BCUT2D eigenvalue weighted by atomic mass is 32.2. The number of nitrogens with one attached hydrogen (secondary N) is 1. The van der Waals surface area contributed by atoms with Crippen LogP contribution < -0.4 is 5.56 Å². The smallest absolute Gasteiger partial charge is 0.258 e. The molecule has 5 rings (SSSR count). The summed E-state index contributed by atoms with van der Waals surface area (Å²) in [7, 11) is 0. The standard InChI is InChI=1S/C18H19N5OS/c1-10(15-19-14-5-3-2-4-13(14)17(24)20-15)25-18-22-21-16(11-6-7-11)23(18)12-8-9-12/h2-5,10-12H,6-9H2,1H3,(H,19,20,24). The van der Waals surface area contributed by atoms with E-state index in [-0.39, 0.29) is 10.8 Å². The number of thioether (sulfide) groups is 1. The largest absolute Gasteiger partial charge is 0.309 e. The van der Waals surface area contributed by atoms with Crippen molar-refractivity contribution < 1.29 is 0 Å². The van der Waals surface area contributed by atoms with Crippen LogP contribution >= 0.6 is 11.8 Å². The summed E-state index contributed by atoms with van der Waals surface area (Å²) >= 11 is 1.63. The highest BCUT2D eigenvalue weighted by Crippen LogP contribution is 2.47. The van der Waals surface area contributed by atoms with Crippen molar-refractivity contribution in [3.05, 3.63) is 46.3 Å². The summed E-state index contributed by atoms with van der Waals surface area (Å²) in [6.07, 6.45) is 4.88. The molecule has 3 aromatic rings. The Kier molecular flexibility index (Phi) is 3.45. The molecule has 1 unspecified atom stereocenters. The van der Waals surface area contributed by atoms with E-state index in [0.717, 1.165) is 16.5 Å². The number of para-hydroxylation sites is 1. The summed E-state index contributed by atoms with van der Waals surface area (Å²) in [5.74, 6) is 2.43. The summed E-state index contributed by atoms with van der Waals surface area (Å²) in [6.45, 7) is 2.06. The molecular weight excluding hydrogens is 334 g/mol. The van der Waals surface area contributed by atoms with Gasteiger partial charge in [0, 0.05) is 12.0 Å². The Morgan fingerprint density at radius 1 is 1.20 bits per heavy atom. The number of hydrogen-bond donors (Lipinski definition) is 1. The molecule has 7 heteroatoms. The van der Waals surface area contributed by atoms with Crippen LogP contribution in [-0.4, -0.2) is 24.7 Å². The molecule has 2 aromatic heterocycles. The molecule has 1 N–H and O–H groups in total. The Bertz CT molecular complexity index is 1000. The van der Waals surface area contributed by atoms with E-state index in [2.05, 4.69) is 31.7 Å². The summed E-state index contributed by atoms with van der Waals surface area (Å²) in [6, 6.07) is 8.00. The lowest BCUT2D eigenvalue weighted by molar-refractivity contribution is 0.625. The molecule has 0 radical (unpaired) electrons. The van der Waals surface area contributed by atoms with Crippen molar-refractivity contribution in [1.82, 2.24) is 24.7 Å². The molecule has 25 heavy (non-hydrogen) atoms. The van der Waals surface area contributed by atoms with Crippen LogP contribution in [0.25, 0.3) is 10.9 Å². The number of H-pyrrole nitrogens is 1. The molecule has 0 aliphatic heterocycles. The highest BCUT2D eigenvalue weighted by Gasteiger charge is 2.36. The fourth-order valence-corrected chi connectivity index (χ4v) is 4.16. The quantitative estimate of drug-likeness (QED) is 0.710. The molecule has 1 aromatic carbocycles. The number of fused-ring (bicyclic) bond motifs is 1. The van der Waals surface area contributed by atoms with Gasteiger partial charge in [0.25, 0.3) is 5.56 Å². The molecule has 2 aliphatic rings. The van der Waals surface area contributed by atoms with Gasteiger partial charge >= 0.3 is 0 Å². The van der Waals surface area contributed by atoms with Crippen molar-refractivity contribution >= 4 is 22.7 Å². The maximum absolute atomic E-state index is 12.3. The molecule has 0 amide bonds. The highest BCUT2D eigenvalue weighted by molar-refractivity contribution is 7.99. The number of aromatic amines is 1. The summed E-state index contributed by atoms with van der Waals surface area (Å²) in [5, 5.41) is 10.5. The van der Waals surface area contributed by atoms with Crippen LogP contribution in [0.15, 0.2) is 34.2 Å². The second-order valence-corrected chi connectivity index (χ2v) is 8.25. The first-order valence-corrected chi connectivity index (χ1v) is 9.69. The number of nitrogens with zero attached hydrogens (tertiary/aromatic N) is 4. The van der Waals surface area contributed by atoms with Crippen molar-refractivity contribution in [2.45, 2.75) is 55.0 Å². The van der Waals surface area contributed by atoms with E-state index >= 15 is 0 Å². The van der Waals surface area contributed by atoms with Gasteiger partial charge in [0.15, 0.2) is 5.16 Å². The monoisotopic (exact) mass is 353 g/mol. The SMILES string of the molecule is CC(Sc1nnc(C2CC2)n1C1CC1)c1nc2ccccc2c(=O)[nH]1. The van der Waals surface area contributed by atoms with Gasteiger partial charge in [-0.25, -0.2) is 4.98 Å². The molecule has 2 heterocycles. The predicted molar refractivity (Wildman–Crippen MR) is 96.9 cm³/mol. The molecule has 0 spiro atoms. The minimum absolute atomic E-state index is 0.00561. The van der Waals surface area contributed by atoms with Gasteiger partial charge in [-0.15, -0.1) is 10.2 Å². The lowest BCUT2D eigenvalue weighted by atomic mass is 10.2. The predicted octanol–water partition coefficient (Wildman–Crippen LogP) is 3.58. The van der Waals surface area contributed by atoms with Crippen LogP contribution in [0.4, 0.5) is 0 Å². The number of aromatic nitrogens is 5. The van der Waals surface area contributed by atoms with E-state index < -0.39 is 0 Å². The van der Waals surface area contributed by atoms with Crippen molar-refractivity contribution in [1.29, 1.82) is 0 Å². The molecule has 128 valence electrons. The Morgan fingerprint density at radius 2 is 2.00 bits per heavy atom. The molecule has 1 atom stereocenters. The number of benzene rings is 1. The van der Waals surface area contributed by atoms with Gasteiger partial charge in [0.05, 0.1) is 16.2 Å². The van der Waals surface area contributed by atoms with E-state index in [4.69, 9.17) is 0 Å². The van der Waals surface area contributed by atoms with E-state index in [9.17, 15) is 4.79 Å². The lowest BCUT2D eigenvalue weighted by Crippen LogP contribution is -2.13. The first-order valence-electron chi connectivity index (χ1n) is 8.81. The molecule has 0 saturated heterocycles. The van der Waals surface area contributed by atoms with E-state index in [1.807, 2.05) is 18.2 Å². The second kappa shape index (κ2) is 5.69. The summed E-state index contributed by atoms with van der Waals surface area (Å²) < 4.78 is 2.33. The van der Waals surface area contributed by atoms with Crippen LogP contribution in [-0.2, 0) is 0 Å². The summed E-state index contributed by atoms with van der Waals surface area (Å²) in [4.78, 5) is 19.9. The topological polar surface area (TPSA) is 76.5 Å². The number of rotatable bonds is 5. The van der Waals surface area contributed by atoms with Gasteiger partial charge in [-0.3, -0.25) is 4.79 Å². The maximum atomic E-state index is 12.3. The van der Waals surface area contributed by atoms with Gasteiger partial charge in [-0.1, -0.05) is 23.9 Å². The molecule has 6 nitrogen and oxygen atoms in total. The average molecular weight is 353 g/mol. The van der Waals surface area contributed by atoms with Crippen molar-refractivity contribution in [2.75, 3.05) is 0 Å².